The summed E-state index contributed by atoms with van der Waals surface area (Å²) in [6.07, 6.45) is -5.83. The summed E-state index contributed by atoms with van der Waals surface area (Å²) in [5, 5.41) is 13.4. The predicted molar refractivity (Wildman–Crippen MR) is 84.5 cm³/mol. The third-order valence-corrected chi connectivity index (χ3v) is 4.24. The molecule has 2 aromatic carbocycles. The molecular formula is C18H6CuF10N2O2. The Balaban J connectivity index is 0.00000385. The third-order valence-electron chi connectivity index (χ3n) is 4.24. The molecule has 0 aliphatic carbocycles. The second kappa shape index (κ2) is 8.71. The number of aryl methyl sites for hydroxylation is 1. The van der Waals surface area contributed by atoms with Crippen molar-refractivity contribution in [2.45, 2.75) is 13.1 Å². The van der Waals surface area contributed by atoms with Crippen molar-refractivity contribution < 1.29 is 70.9 Å². The number of carbonyl (C=O) groups excluding carboxylic acids is 1. The fourth-order valence-corrected chi connectivity index (χ4v) is 2.82. The van der Waals surface area contributed by atoms with Gasteiger partial charge in [-0.1, -0.05) is 0 Å². The van der Waals surface area contributed by atoms with Gasteiger partial charge in [0.2, 0.25) is 11.7 Å². The van der Waals surface area contributed by atoms with E-state index in [4.69, 9.17) is 0 Å². The van der Waals surface area contributed by atoms with Crippen LogP contribution in [0.2, 0.25) is 0 Å². The molecule has 0 saturated heterocycles. The Kier molecular flexibility index (Phi) is 6.91. The minimum absolute atomic E-state index is 0. The largest absolute Gasteiger partial charge is 0.493 e. The molecule has 4 nitrogen and oxygen atoms in total. The Hall–Kier alpha value is -3.06. The van der Waals surface area contributed by atoms with Gasteiger partial charge >= 0.3 is 6.18 Å². The van der Waals surface area contributed by atoms with Crippen LogP contribution in [0.5, 0.6) is 5.88 Å². The van der Waals surface area contributed by atoms with E-state index in [1.54, 1.807) is 0 Å². The first-order chi connectivity index (χ1) is 14.7. The molecule has 1 aromatic heterocycles. The van der Waals surface area contributed by atoms with Crippen molar-refractivity contribution in [2.24, 2.45) is 0 Å². The molecule has 1 N–H and O–H groups in total. The van der Waals surface area contributed by atoms with Crippen LogP contribution in [-0.2, 0) is 23.2 Å². The molecule has 0 fully saturated rings. The molecule has 0 aliphatic heterocycles. The first kappa shape index (κ1) is 26.2. The number of aromatic nitrogens is 2. The van der Waals surface area contributed by atoms with Crippen LogP contribution in [0.25, 0.3) is 5.69 Å². The molecule has 3 rings (SSSR count). The van der Waals surface area contributed by atoms with E-state index in [-0.39, 0.29) is 33.9 Å². The van der Waals surface area contributed by atoms with Gasteiger partial charge in [-0.3, -0.25) is 4.79 Å². The Labute approximate surface area is 186 Å². The van der Waals surface area contributed by atoms with Crippen molar-refractivity contribution in [1.82, 2.24) is 9.78 Å². The topological polar surface area (TPSA) is 55.1 Å². The van der Waals surface area contributed by atoms with Crippen LogP contribution < -0.4 is 0 Å². The van der Waals surface area contributed by atoms with E-state index in [9.17, 15) is 53.8 Å². The molecular weight excluding hydrogens is 530 g/mol. The summed E-state index contributed by atoms with van der Waals surface area (Å²) in [5.41, 5.74) is -7.32. The van der Waals surface area contributed by atoms with Crippen LogP contribution in [0.3, 0.4) is 0 Å². The summed E-state index contributed by atoms with van der Waals surface area (Å²) < 4.78 is 134. The molecule has 0 bridgehead atoms. The molecule has 181 valence electrons. The normalized spacial score (nSPS) is 11.5. The summed E-state index contributed by atoms with van der Waals surface area (Å²) >= 11 is 0. The Bertz CT molecular complexity index is 1230. The van der Waals surface area contributed by atoms with Crippen molar-refractivity contribution in [1.29, 1.82) is 0 Å². The van der Waals surface area contributed by atoms with E-state index in [0.717, 1.165) is 6.92 Å². The van der Waals surface area contributed by atoms with E-state index in [1.165, 1.54) is 0 Å². The molecule has 0 aliphatic rings. The molecule has 0 saturated carbocycles. The van der Waals surface area contributed by atoms with E-state index >= 15 is 0 Å². The summed E-state index contributed by atoms with van der Waals surface area (Å²) in [6.45, 7) is 0.909. The van der Waals surface area contributed by atoms with Crippen molar-refractivity contribution >= 4 is 5.78 Å². The van der Waals surface area contributed by atoms with Gasteiger partial charge in [0, 0.05) is 22.6 Å². The van der Waals surface area contributed by atoms with E-state index < -0.39 is 86.6 Å². The molecule has 0 amide bonds. The molecule has 3 aromatic rings. The second-order valence-corrected chi connectivity index (χ2v) is 6.26. The number of rotatable bonds is 3. The number of ketones is 1. The number of benzene rings is 2. The average Bonchev–Trinajstić information content (AvgIpc) is 2.96. The molecule has 1 heterocycles. The zero-order valence-electron chi connectivity index (χ0n) is 15.5. The van der Waals surface area contributed by atoms with Gasteiger partial charge in [-0.2, -0.15) is 23.0 Å². The Morgan fingerprint density at radius 1 is 0.879 bits per heavy atom. The zero-order chi connectivity index (χ0) is 24.3. The number of aromatic hydroxyl groups is 1. The van der Waals surface area contributed by atoms with Gasteiger partial charge in [0.15, 0.2) is 40.7 Å². The van der Waals surface area contributed by atoms with Crippen LogP contribution in [0, 0.1) is 47.6 Å². The predicted octanol–water partition coefficient (Wildman–Crippen LogP) is 5.11. The number of hydrogen-bond acceptors (Lipinski definition) is 3. The SMILES string of the molecule is Cc1nn(-c2c(F)c(F)c(C(F)(F)F)c(F)c2F)c(O)c1C(=O)c1cc(F)c(F)c(F)c1.[Cu]. The second-order valence-electron chi connectivity index (χ2n) is 6.26. The molecule has 0 spiro atoms. The van der Waals surface area contributed by atoms with Crippen LogP contribution >= 0.6 is 0 Å². The van der Waals surface area contributed by atoms with Crippen molar-refractivity contribution in [3.05, 3.63) is 75.2 Å². The van der Waals surface area contributed by atoms with Gasteiger partial charge in [0.25, 0.3) is 0 Å². The molecule has 0 unspecified atom stereocenters. The number of alkyl halides is 3. The Morgan fingerprint density at radius 2 is 1.33 bits per heavy atom. The fourth-order valence-electron chi connectivity index (χ4n) is 2.82. The quantitative estimate of drug-likeness (QED) is 0.167. The Morgan fingerprint density at radius 3 is 1.76 bits per heavy atom. The van der Waals surface area contributed by atoms with Crippen LogP contribution in [0.4, 0.5) is 43.9 Å². The van der Waals surface area contributed by atoms with Crippen LogP contribution in [0.1, 0.15) is 27.2 Å². The monoisotopic (exact) mass is 535 g/mol. The smallest absolute Gasteiger partial charge is 0.422 e. The molecule has 15 heteroatoms. The minimum Gasteiger partial charge on any atom is -0.493 e. The molecule has 0 atom stereocenters. The number of carbonyl (C=O) groups is 1. The maximum atomic E-state index is 14.2. The summed E-state index contributed by atoms with van der Waals surface area (Å²) in [4.78, 5) is 12.5. The van der Waals surface area contributed by atoms with Crippen molar-refractivity contribution in [3.8, 4) is 11.6 Å². The molecule has 1 radical (unpaired) electrons. The van der Waals surface area contributed by atoms with E-state index in [1.807, 2.05) is 0 Å². The number of nitrogens with zero attached hydrogens (tertiary/aromatic N) is 2. The van der Waals surface area contributed by atoms with E-state index in [0.29, 0.717) is 0 Å². The fraction of sp³-hybridized carbons (Fsp3) is 0.111. The van der Waals surface area contributed by atoms with Gasteiger partial charge in [-0.25, -0.2) is 30.7 Å². The summed E-state index contributed by atoms with van der Waals surface area (Å²) in [6, 6.07) is 0.436. The zero-order valence-corrected chi connectivity index (χ0v) is 16.4. The van der Waals surface area contributed by atoms with Crippen molar-refractivity contribution in [3.63, 3.8) is 0 Å². The third kappa shape index (κ3) is 4.17. The molecule has 33 heavy (non-hydrogen) atoms. The van der Waals surface area contributed by atoms with Gasteiger partial charge < -0.3 is 5.11 Å². The minimum atomic E-state index is -5.83. The average molecular weight is 536 g/mol. The van der Waals surface area contributed by atoms with E-state index in [2.05, 4.69) is 5.10 Å². The van der Waals surface area contributed by atoms with Gasteiger partial charge in [0.05, 0.1) is 5.69 Å². The van der Waals surface area contributed by atoms with Gasteiger partial charge in [0.1, 0.15) is 16.8 Å². The number of hydrogen-bond donors (Lipinski definition) is 1. The summed E-state index contributed by atoms with van der Waals surface area (Å²) in [5.74, 6) is -19.4. The standard InChI is InChI=1S/C18H6F10N2O2.Cu/c1-4-8(16(31)5-2-6(19)10(21)7(20)3-5)17(32)30(29-4)15-13(24)11(22)9(18(26,27)28)12(23)14(15)25;/h2-3,32H,1H3;. The first-order valence-electron chi connectivity index (χ1n) is 8.09. The first-order valence-corrected chi connectivity index (χ1v) is 8.09. The maximum Gasteiger partial charge on any atom is 0.422 e. The van der Waals surface area contributed by atoms with Crippen LogP contribution in [0.15, 0.2) is 12.1 Å². The van der Waals surface area contributed by atoms with Crippen LogP contribution in [-0.4, -0.2) is 20.7 Å². The van der Waals surface area contributed by atoms with Crippen molar-refractivity contribution in [2.75, 3.05) is 0 Å². The number of halogens is 10. The van der Waals surface area contributed by atoms with Gasteiger partial charge in [-0.15, -0.1) is 0 Å². The maximum absolute atomic E-state index is 14.2. The summed E-state index contributed by atoms with van der Waals surface area (Å²) in [7, 11) is 0. The van der Waals surface area contributed by atoms with Gasteiger partial charge in [-0.05, 0) is 19.1 Å².